The van der Waals surface area contributed by atoms with Crippen molar-refractivity contribution in [2.24, 2.45) is 14.1 Å². The van der Waals surface area contributed by atoms with Crippen LogP contribution in [0, 0.1) is 0 Å². The first kappa shape index (κ1) is 20.1. The van der Waals surface area contributed by atoms with E-state index < -0.39 is 6.04 Å². The van der Waals surface area contributed by atoms with E-state index in [-0.39, 0.29) is 5.91 Å². The van der Waals surface area contributed by atoms with Gasteiger partial charge in [-0.15, -0.1) is 0 Å². The fourth-order valence-corrected chi connectivity index (χ4v) is 3.29. The van der Waals surface area contributed by atoms with Gasteiger partial charge in [0.25, 0.3) is 5.91 Å². The minimum atomic E-state index is -0.552. The number of benzene rings is 1. The molecule has 0 aliphatic carbocycles. The molecule has 1 atom stereocenters. The fourth-order valence-electron chi connectivity index (χ4n) is 2.91. The van der Waals surface area contributed by atoms with E-state index in [1.807, 2.05) is 29.9 Å². The number of aromatic nitrogens is 3. The molecule has 0 aliphatic heterocycles. The van der Waals surface area contributed by atoms with Gasteiger partial charge in [-0.25, -0.2) is 4.98 Å². The number of amides is 1. The van der Waals surface area contributed by atoms with Gasteiger partial charge in [0.05, 0.1) is 19.2 Å². The highest BCUT2D eigenvalue weighted by atomic mass is 35.5. The van der Waals surface area contributed by atoms with Crippen LogP contribution in [0.1, 0.15) is 27.9 Å². The Kier molecular flexibility index (Phi) is 5.86. The molecule has 3 rings (SSSR count). The summed E-state index contributed by atoms with van der Waals surface area (Å²) in [5, 5.41) is 3.61. The van der Waals surface area contributed by atoms with Crippen molar-refractivity contribution < 1.29 is 14.3 Å². The highest BCUT2D eigenvalue weighted by Gasteiger charge is 2.25. The SMILES string of the molecule is COc1cc(OC)cc(C(NC(=O)c2cc(Cl)c(Cl)n2C)c2nccn2C)c1. The maximum atomic E-state index is 13.0. The van der Waals surface area contributed by atoms with Gasteiger partial charge in [-0.2, -0.15) is 0 Å². The van der Waals surface area contributed by atoms with E-state index >= 15 is 0 Å². The minimum Gasteiger partial charge on any atom is -0.497 e. The predicted molar refractivity (Wildman–Crippen MR) is 107 cm³/mol. The van der Waals surface area contributed by atoms with Crippen LogP contribution < -0.4 is 14.8 Å². The van der Waals surface area contributed by atoms with Crippen LogP contribution in [0.3, 0.4) is 0 Å². The normalized spacial score (nSPS) is 11.9. The number of aryl methyl sites for hydroxylation is 1. The minimum absolute atomic E-state index is 0.295. The van der Waals surface area contributed by atoms with Crippen LogP contribution in [0.25, 0.3) is 0 Å². The van der Waals surface area contributed by atoms with Gasteiger partial charge in [-0.3, -0.25) is 4.79 Å². The Morgan fingerprint density at radius 1 is 1.11 bits per heavy atom. The van der Waals surface area contributed by atoms with Gasteiger partial charge in [-0.1, -0.05) is 23.2 Å². The van der Waals surface area contributed by atoms with Crippen LogP contribution in [0.4, 0.5) is 0 Å². The summed E-state index contributed by atoms with van der Waals surface area (Å²) in [6.45, 7) is 0. The van der Waals surface area contributed by atoms with E-state index in [0.717, 1.165) is 5.56 Å². The Labute approximate surface area is 172 Å². The topological polar surface area (TPSA) is 70.3 Å². The van der Waals surface area contributed by atoms with E-state index in [0.29, 0.717) is 33.2 Å². The quantitative estimate of drug-likeness (QED) is 0.658. The molecule has 148 valence electrons. The largest absolute Gasteiger partial charge is 0.497 e. The average Bonchev–Trinajstić information content (AvgIpc) is 3.23. The number of hydrogen-bond donors (Lipinski definition) is 1. The lowest BCUT2D eigenvalue weighted by atomic mass is 10.0. The first-order valence-electron chi connectivity index (χ1n) is 8.37. The van der Waals surface area contributed by atoms with Crippen molar-refractivity contribution in [1.29, 1.82) is 0 Å². The number of nitrogens with zero attached hydrogens (tertiary/aromatic N) is 3. The monoisotopic (exact) mass is 422 g/mol. The zero-order valence-corrected chi connectivity index (χ0v) is 17.4. The Morgan fingerprint density at radius 3 is 2.21 bits per heavy atom. The van der Waals surface area contributed by atoms with Crippen LogP contribution in [0.5, 0.6) is 11.5 Å². The third kappa shape index (κ3) is 3.81. The molecule has 1 unspecified atom stereocenters. The second-order valence-corrected chi connectivity index (χ2v) is 6.94. The van der Waals surface area contributed by atoms with Crippen molar-refractivity contribution in [1.82, 2.24) is 19.4 Å². The molecule has 0 saturated heterocycles. The van der Waals surface area contributed by atoms with Gasteiger partial charge >= 0.3 is 0 Å². The molecule has 0 fully saturated rings. The lowest BCUT2D eigenvalue weighted by Gasteiger charge is -2.20. The molecule has 1 amide bonds. The molecule has 0 saturated carbocycles. The van der Waals surface area contributed by atoms with E-state index in [1.165, 1.54) is 10.6 Å². The molecule has 1 N–H and O–H groups in total. The molecular formula is C19H20Cl2N4O3. The molecule has 1 aromatic carbocycles. The number of imidazole rings is 1. The lowest BCUT2D eigenvalue weighted by Crippen LogP contribution is -2.32. The van der Waals surface area contributed by atoms with Gasteiger partial charge in [0.2, 0.25) is 0 Å². The molecule has 0 aliphatic rings. The number of hydrogen-bond acceptors (Lipinski definition) is 4. The summed E-state index contributed by atoms with van der Waals surface area (Å²) in [6, 6.07) is 6.39. The third-order valence-electron chi connectivity index (χ3n) is 4.45. The summed E-state index contributed by atoms with van der Waals surface area (Å²) in [5.41, 5.74) is 1.09. The van der Waals surface area contributed by atoms with Crippen molar-refractivity contribution in [3.05, 3.63) is 63.9 Å². The first-order chi connectivity index (χ1) is 13.3. The van der Waals surface area contributed by atoms with E-state index in [9.17, 15) is 4.79 Å². The molecular weight excluding hydrogens is 403 g/mol. The fraction of sp³-hybridized carbons (Fsp3) is 0.263. The third-order valence-corrected chi connectivity index (χ3v) is 5.29. The van der Waals surface area contributed by atoms with Crippen molar-refractivity contribution in [3.8, 4) is 11.5 Å². The summed E-state index contributed by atoms with van der Waals surface area (Å²) in [7, 11) is 6.67. The Morgan fingerprint density at radius 2 is 1.75 bits per heavy atom. The molecule has 2 heterocycles. The molecule has 7 nitrogen and oxygen atoms in total. The number of methoxy groups -OCH3 is 2. The molecule has 9 heteroatoms. The summed E-state index contributed by atoms with van der Waals surface area (Å²) in [6.07, 6.45) is 3.48. The highest BCUT2D eigenvalue weighted by molar-refractivity contribution is 6.41. The molecule has 3 aromatic rings. The second kappa shape index (κ2) is 8.16. The molecule has 0 radical (unpaired) electrons. The van der Waals surface area contributed by atoms with Crippen molar-refractivity contribution >= 4 is 29.1 Å². The Hall–Kier alpha value is -2.64. The van der Waals surface area contributed by atoms with Gasteiger partial charge < -0.3 is 23.9 Å². The van der Waals surface area contributed by atoms with E-state index in [4.69, 9.17) is 32.7 Å². The Bertz CT molecular complexity index is 991. The summed E-state index contributed by atoms with van der Waals surface area (Å²) in [4.78, 5) is 17.4. The van der Waals surface area contributed by atoms with Crippen LogP contribution in [0.15, 0.2) is 36.7 Å². The second-order valence-electron chi connectivity index (χ2n) is 6.18. The maximum absolute atomic E-state index is 13.0. The molecule has 28 heavy (non-hydrogen) atoms. The van der Waals surface area contributed by atoms with Crippen LogP contribution >= 0.6 is 23.2 Å². The number of halogens is 2. The van der Waals surface area contributed by atoms with Gasteiger partial charge in [-0.05, 0) is 23.8 Å². The standard InChI is InChI=1S/C19H20Cl2N4O3/c1-24-6-5-22-18(24)16(11-7-12(27-3)9-13(8-11)28-4)23-19(26)15-10-14(20)17(21)25(15)2/h5-10,16H,1-4H3,(H,23,26). The van der Waals surface area contributed by atoms with Gasteiger partial charge in [0.15, 0.2) is 0 Å². The predicted octanol–water partition coefficient (Wildman–Crippen LogP) is 3.60. The summed E-state index contributed by atoms with van der Waals surface area (Å²) >= 11 is 12.2. The lowest BCUT2D eigenvalue weighted by molar-refractivity contribution is 0.0933. The smallest absolute Gasteiger partial charge is 0.268 e. The van der Waals surface area contributed by atoms with Crippen molar-refractivity contribution in [2.45, 2.75) is 6.04 Å². The number of nitrogens with one attached hydrogen (secondary N) is 1. The molecule has 0 spiro atoms. The molecule has 0 bridgehead atoms. The number of ether oxygens (including phenoxy) is 2. The van der Waals surface area contributed by atoms with Crippen molar-refractivity contribution in [3.63, 3.8) is 0 Å². The summed E-state index contributed by atoms with van der Waals surface area (Å²) in [5.74, 6) is 1.52. The van der Waals surface area contributed by atoms with Gasteiger partial charge in [0.1, 0.15) is 34.2 Å². The number of carbonyl (C=O) groups excluding carboxylic acids is 1. The van der Waals surface area contributed by atoms with Crippen LogP contribution in [-0.4, -0.2) is 34.2 Å². The number of carbonyl (C=O) groups is 1. The first-order valence-corrected chi connectivity index (χ1v) is 9.13. The van der Waals surface area contributed by atoms with E-state index in [2.05, 4.69) is 10.3 Å². The maximum Gasteiger partial charge on any atom is 0.268 e. The average molecular weight is 423 g/mol. The molecule has 2 aromatic heterocycles. The highest BCUT2D eigenvalue weighted by Crippen LogP contribution is 2.30. The summed E-state index contributed by atoms with van der Waals surface area (Å²) < 4.78 is 14.1. The van der Waals surface area contributed by atoms with Gasteiger partial charge in [0, 0.05) is 32.6 Å². The zero-order valence-electron chi connectivity index (χ0n) is 15.9. The Balaban J connectivity index is 2.05. The number of rotatable bonds is 6. The van der Waals surface area contributed by atoms with E-state index in [1.54, 1.807) is 33.5 Å². The zero-order chi connectivity index (χ0) is 20.4. The van der Waals surface area contributed by atoms with Crippen LogP contribution in [0.2, 0.25) is 10.2 Å². The van der Waals surface area contributed by atoms with Crippen molar-refractivity contribution in [2.75, 3.05) is 14.2 Å². The van der Waals surface area contributed by atoms with Crippen LogP contribution in [-0.2, 0) is 14.1 Å².